The van der Waals surface area contributed by atoms with Crippen LogP contribution in [0.2, 0.25) is 0 Å². The molecule has 19 heavy (non-hydrogen) atoms. The first-order chi connectivity index (χ1) is 9.26. The van der Waals surface area contributed by atoms with Crippen LogP contribution in [-0.4, -0.2) is 16.9 Å². The lowest BCUT2D eigenvalue weighted by Gasteiger charge is -2.07. The summed E-state index contributed by atoms with van der Waals surface area (Å²) in [6, 6.07) is 10.5. The van der Waals surface area contributed by atoms with E-state index >= 15 is 0 Å². The van der Waals surface area contributed by atoms with Crippen LogP contribution in [0.25, 0.3) is 0 Å². The Balaban J connectivity index is 2.02. The van der Waals surface area contributed by atoms with Crippen molar-refractivity contribution in [1.82, 2.24) is 9.78 Å². The van der Waals surface area contributed by atoms with Gasteiger partial charge in [0.05, 0.1) is 12.8 Å². The highest BCUT2D eigenvalue weighted by Crippen LogP contribution is 2.13. The zero-order chi connectivity index (χ0) is 13.7. The smallest absolute Gasteiger partial charge is 0.118 e. The summed E-state index contributed by atoms with van der Waals surface area (Å²) < 4.78 is 7.31. The lowest BCUT2D eigenvalue weighted by Crippen LogP contribution is -2.07. The van der Waals surface area contributed by atoms with E-state index in [-0.39, 0.29) is 0 Å². The Hall–Kier alpha value is -1.77. The summed E-state index contributed by atoms with van der Waals surface area (Å²) in [5.41, 5.74) is 3.83. The minimum absolute atomic E-state index is 0.908. The molecule has 0 unspecified atom stereocenters. The number of methoxy groups -OCH3 is 1. The van der Waals surface area contributed by atoms with Crippen molar-refractivity contribution in [3.63, 3.8) is 0 Å². The van der Waals surface area contributed by atoms with Crippen LogP contribution in [0.5, 0.6) is 5.75 Å². The summed E-state index contributed by atoms with van der Waals surface area (Å²) in [5.74, 6) is 0.908. The van der Waals surface area contributed by atoms with Gasteiger partial charge in [-0.1, -0.05) is 26.0 Å². The van der Waals surface area contributed by atoms with Gasteiger partial charge >= 0.3 is 0 Å². The number of hydrogen-bond acceptors (Lipinski definition) is 2. The maximum atomic E-state index is 5.17. The summed E-state index contributed by atoms with van der Waals surface area (Å²) in [6.45, 7) is 5.27. The van der Waals surface area contributed by atoms with Crippen molar-refractivity contribution in [2.24, 2.45) is 0 Å². The van der Waals surface area contributed by atoms with Gasteiger partial charge in [-0.2, -0.15) is 5.10 Å². The van der Waals surface area contributed by atoms with Crippen LogP contribution in [0.1, 0.15) is 30.8 Å². The van der Waals surface area contributed by atoms with Gasteiger partial charge in [-0.3, -0.25) is 4.68 Å². The van der Waals surface area contributed by atoms with Crippen LogP contribution in [0.4, 0.5) is 0 Å². The molecule has 2 rings (SSSR count). The summed E-state index contributed by atoms with van der Waals surface area (Å²) >= 11 is 0. The number of rotatable bonds is 6. The lowest BCUT2D eigenvalue weighted by molar-refractivity contribution is 0.414. The molecule has 1 heterocycles. The van der Waals surface area contributed by atoms with E-state index in [9.17, 15) is 0 Å². The molecule has 0 fully saturated rings. The van der Waals surface area contributed by atoms with Crippen molar-refractivity contribution in [3.8, 4) is 5.75 Å². The average molecular weight is 258 g/mol. The summed E-state index contributed by atoms with van der Waals surface area (Å²) in [7, 11) is 1.69. The monoisotopic (exact) mass is 258 g/mol. The van der Waals surface area contributed by atoms with E-state index in [0.717, 1.165) is 31.6 Å². The molecule has 1 aromatic heterocycles. The maximum absolute atomic E-state index is 5.17. The van der Waals surface area contributed by atoms with Crippen LogP contribution in [-0.2, 0) is 25.8 Å². The molecule has 0 aliphatic rings. The second-order valence-corrected chi connectivity index (χ2v) is 4.66. The Morgan fingerprint density at radius 2 is 1.84 bits per heavy atom. The number of benzene rings is 1. The van der Waals surface area contributed by atoms with Gasteiger partial charge in [0.1, 0.15) is 5.75 Å². The van der Waals surface area contributed by atoms with Gasteiger partial charge in [-0.15, -0.1) is 0 Å². The summed E-state index contributed by atoms with van der Waals surface area (Å²) in [6.07, 6.45) is 3.04. The van der Waals surface area contributed by atoms with Crippen LogP contribution in [0.3, 0.4) is 0 Å². The first kappa shape index (κ1) is 13.7. The lowest BCUT2D eigenvalue weighted by atomic mass is 10.1. The van der Waals surface area contributed by atoms with Gasteiger partial charge in [0.15, 0.2) is 0 Å². The van der Waals surface area contributed by atoms with Crippen molar-refractivity contribution in [3.05, 3.63) is 47.3 Å². The van der Waals surface area contributed by atoms with Gasteiger partial charge in [0.25, 0.3) is 0 Å². The molecule has 2 aromatic rings. The van der Waals surface area contributed by atoms with Gasteiger partial charge < -0.3 is 4.74 Å². The number of hydrogen-bond donors (Lipinski definition) is 0. The molecule has 1 aromatic carbocycles. The molecule has 0 amide bonds. The number of aromatic nitrogens is 2. The SMILES string of the molecule is CCc1cc(CC)n(CCc2ccc(OC)cc2)n1. The Kier molecular flexibility index (Phi) is 4.61. The van der Waals surface area contributed by atoms with Crippen molar-refractivity contribution in [2.75, 3.05) is 7.11 Å². The second-order valence-electron chi connectivity index (χ2n) is 4.66. The maximum Gasteiger partial charge on any atom is 0.118 e. The molecule has 0 N–H and O–H groups in total. The predicted octanol–water partition coefficient (Wildman–Crippen LogP) is 3.26. The fraction of sp³-hybridized carbons (Fsp3) is 0.438. The van der Waals surface area contributed by atoms with Gasteiger partial charge in [0, 0.05) is 12.2 Å². The van der Waals surface area contributed by atoms with E-state index in [2.05, 4.69) is 41.8 Å². The number of nitrogens with zero attached hydrogens (tertiary/aromatic N) is 2. The van der Waals surface area contributed by atoms with Crippen molar-refractivity contribution >= 4 is 0 Å². The number of aryl methyl sites for hydroxylation is 4. The predicted molar refractivity (Wildman–Crippen MR) is 77.7 cm³/mol. The van der Waals surface area contributed by atoms with Crippen molar-refractivity contribution in [2.45, 2.75) is 39.7 Å². The topological polar surface area (TPSA) is 27.1 Å². The van der Waals surface area contributed by atoms with Gasteiger partial charge in [-0.05, 0) is 43.0 Å². The quantitative estimate of drug-likeness (QED) is 0.795. The first-order valence-corrected chi connectivity index (χ1v) is 6.95. The molecule has 102 valence electrons. The second kappa shape index (κ2) is 6.41. The first-order valence-electron chi connectivity index (χ1n) is 6.95. The highest BCUT2D eigenvalue weighted by molar-refractivity contribution is 5.27. The third kappa shape index (κ3) is 3.37. The Bertz CT molecular complexity index is 514. The van der Waals surface area contributed by atoms with Crippen LogP contribution in [0, 0.1) is 0 Å². The summed E-state index contributed by atoms with van der Waals surface area (Å²) in [4.78, 5) is 0. The van der Waals surface area contributed by atoms with Gasteiger partial charge in [-0.25, -0.2) is 0 Å². The molecule has 0 aliphatic carbocycles. The van der Waals surface area contributed by atoms with E-state index in [1.807, 2.05) is 12.1 Å². The van der Waals surface area contributed by atoms with Crippen LogP contribution in [0.15, 0.2) is 30.3 Å². The zero-order valence-corrected chi connectivity index (χ0v) is 12.0. The molecule has 0 atom stereocenters. The molecule has 3 nitrogen and oxygen atoms in total. The minimum atomic E-state index is 0.908. The molecular weight excluding hydrogens is 236 g/mol. The van der Waals surface area contributed by atoms with Crippen LogP contribution >= 0.6 is 0 Å². The van der Waals surface area contributed by atoms with Crippen molar-refractivity contribution < 1.29 is 4.74 Å². The van der Waals surface area contributed by atoms with Gasteiger partial charge in [0.2, 0.25) is 0 Å². The summed E-state index contributed by atoms with van der Waals surface area (Å²) in [5, 5.41) is 4.64. The number of ether oxygens (including phenoxy) is 1. The Labute approximate surface area is 115 Å². The molecular formula is C16H22N2O. The highest BCUT2D eigenvalue weighted by Gasteiger charge is 2.05. The van der Waals surface area contributed by atoms with Crippen LogP contribution < -0.4 is 4.74 Å². The van der Waals surface area contributed by atoms with Crippen molar-refractivity contribution in [1.29, 1.82) is 0 Å². The third-order valence-electron chi connectivity index (χ3n) is 3.41. The van der Waals surface area contributed by atoms with E-state index in [1.54, 1.807) is 7.11 Å². The average Bonchev–Trinajstić information content (AvgIpc) is 2.88. The molecule has 0 bridgehead atoms. The molecule has 0 saturated heterocycles. The molecule has 0 aliphatic heterocycles. The standard InChI is InChI=1S/C16H22N2O/c1-4-14-12-15(5-2)18(17-14)11-10-13-6-8-16(19-3)9-7-13/h6-9,12H,4-5,10-11H2,1-3H3. The molecule has 3 heteroatoms. The molecule has 0 saturated carbocycles. The Morgan fingerprint density at radius 1 is 1.11 bits per heavy atom. The minimum Gasteiger partial charge on any atom is -0.497 e. The molecule has 0 radical (unpaired) electrons. The third-order valence-corrected chi connectivity index (χ3v) is 3.41. The largest absolute Gasteiger partial charge is 0.497 e. The van der Waals surface area contributed by atoms with E-state index < -0.39 is 0 Å². The normalized spacial score (nSPS) is 10.7. The van der Waals surface area contributed by atoms with E-state index in [0.29, 0.717) is 0 Å². The fourth-order valence-electron chi connectivity index (χ4n) is 2.19. The van der Waals surface area contributed by atoms with E-state index in [1.165, 1.54) is 17.0 Å². The molecule has 0 spiro atoms. The highest BCUT2D eigenvalue weighted by atomic mass is 16.5. The zero-order valence-electron chi connectivity index (χ0n) is 12.0. The van der Waals surface area contributed by atoms with E-state index in [4.69, 9.17) is 4.74 Å². The Morgan fingerprint density at radius 3 is 2.42 bits per heavy atom. The fourth-order valence-corrected chi connectivity index (χ4v) is 2.19.